The van der Waals surface area contributed by atoms with Crippen LogP contribution in [0.25, 0.3) is 5.69 Å². The van der Waals surface area contributed by atoms with Gasteiger partial charge in [0.2, 0.25) is 0 Å². The van der Waals surface area contributed by atoms with Crippen molar-refractivity contribution in [3.05, 3.63) is 47.5 Å². The van der Waals surface area contributed by atoms with Gasteiger partial charge < -0.3 is 5.32 Å². The lowest BCUT2D eigenvalue weighted by Gasteiger charge is -2.20. The summed E-state index contributed by atoms with van der Waals surface area (Å²) < 4.78 is 14.8. The van der Waals surface area contributed by atoms with Gasteiger partial charge in [0.25, 0.3) is 0 Å². The second-order valence-corrected chi connectivity index (χ2v) is 5.75. The summed E-state index contributed by atoms with van der Waals surface area (Å²) in [6.07, 6.45) is 1.86. The van der Waals surface area contributed by atoms with Crippen LogP contribution in [0.3, 0.4) is 0 Å². The molecule has 3 nitrogen and oxygen atoms in total. The van der Waals surface area contributed by atoms with Crippen molar-refractivity contribution in [2.45, 2.75) is 39.8 Å². The van der Waals surface area contributed by atoms with Crippen LogP contribution in [0.15, 0.2) is 30.5 Å². The molecule has 1 heterocycles. The molecule has 0 unspecified atom stereocenters. The zero-order valence-electron chi connectivity index (χ0n) is 11.9. The lowest BCUT2D eigenvalue weighted by Crippen LogP contribution is -2.35. The van der Waals surface area contributed by atoms with Crippen molar-refractivity contribution in [1.29, 1.82) is 0 Å². The molecule has 0 radical (unpaired) electrons. The molecule has 0 bridgehead atoms. The highest BCUT2D eigenvalue weighted by molar-refractivity contribution is 5.34. The summed E-state index contributed by atoms with van der Waals surface area (Å²) in [4.78, 5) is 0. The van der Waals surface area contributed by atoms with Gasteiger partial charge in [0.1, 0.15) is 5.82 Å². The van der Waals surface area contributed by atoms with Gasteiger partial charge in [-0.25, -0.2) is 9.07 Å². The van der Waals surface area contributed by atoms with Gasteiger partial charge >= 0.3 is 0 Å². The van der Waals surface area contributed by atoms with Gasteiger partial charge in [-0.1, -0.05) is 0 Å². The minimum atomic E-state index is -0.233. The van der Waals surface area contributed by atoms with Crippen molar-refractivity contribution in [1.82, 2.24) is 15.1 Å². The largest absolute Gasteiger partial charge is 0.308 e. The second-order valence-electron chi connectivity index (χ2n) is 5.75. The molecule has 19 heavy (non-hydrogen) atoms. The van der Waals surface area contributed by atoms with E-state index in [1.165, 1.54) is 12.1 Å². The zero-order valence-corrected chi connectivity index (χ0v) is 11.9. The van der Waals surface area contributed by atoms with Crippen molar-refractivity contribution in [3.63, 3.8) is 0 Å². The molecule has 0 amide bonds. The average Bonchev–Trinajstić information content (AvgIpc) is 2.68. The predicted octanol–water partition coefficient (Wildman–Crippen LogP) is 3.21. The van der Waals surface area contributed by atoms with Gasteiger partial charge in [0.15, 0.2) is 0 Å². The molecule has 0 aliphatic carbocycles. The van der Waals surface area contributed by atoms with Gasteiger partial charge in [0.05, 0.1) is 11.9 Å². The number of halogens is 1. The van der Waals surface area contributed by atoms with Crippen LogP contribution in [0.4, 0.5) is 4.39 Å². The van der Waals surface area contributed by atoms with E-state index in [0.29, 0.717) is 0 Å². The molecule has 0 aliphatic heterocycles. The molecule has 0 saturated carbocycles. The van der Waals surface area contributed by atoms with Crippen LogP contribution in [0.5, 0.6) is 0 Å². The number of aromatic nitrogens is 2. The average molecular weight is 261 g/mol. The van der Waals surface area contributed by atoms with Crippen LogP contribution in [0.1, 0.15) is 32.0 Å². The number of hydrogen-bond donors (Lipinski definition) is 1. The maximum Gasteiger partial charge on any atom is 0.123 e. The fourth-order valence-electron chi connectivity index (χ4n) is 1.82. The van der Waals surface area contributed by atoms with Crippen LogP contribution in [-0.4, -0.2) is 15.3 Å². The third-order valence-electron chi connectivity index (χ3n) is 2.99. The van der Waals surface area contributed by atoms with Crippen molar-refractivity contribution in [2.24, 2.45) is 0 Å². The Morgan fingerprint density at radius 2 is 1.84 bits per heavy atom. The van der Waals surface area contributed by atoms with Gasteiger partial charge in [0, 0.05) is 23.3 Å². The Balaban J connectivity index is 2.20. The van der Waals surface area contributed by atoms with E-state index >= 15 is 0 Å². The smallest absolute Gasteiger partial charge is 0.123 e. The number of nitrogens with zero attached hydrogens (tertiary/aromatic N) is 2. The third kappa shape index (κ3) is 3.41. The van der Waals surface area contributed by atoms with Crippen LogP contribution in [-0.2, 0) is 6.54 Å². The Hall–Kier alpha value is -1.68. The molecule has 2 aromatic rings. The van der Waals surface area contributed by atoms with Crippen molar-refractivity contribution >= 4 is 0 Å². The summed E-state index contributed by atoms with van der Waals surface area (Å²) in [7, 11) is 0. The number of nitrogens with one attached hydrogen (secondary N) is 1. The maximum absolute atomic E-state index is 12.9. The topological polar surface area (TPSA) is 29.9 Å². The molecule has 0 spiro atoms. The zero-order chi connectivity index (χ0) is 14.0. The van der Waals surface area contributed by atoms with E-state index in [-0.39, 0.29) is 11.4 Å². The Morgan fingerprint density at radius 3 is 2.42 bits per heavy atom. The monoisotopic (exact) mass is 261 g/mol. The van der Waals surface area contributed by atoms with E-state index in [4.69, 9.17) is 0 Å². The van der Waals surface area contributed by atoms with E-state index in [0.717, 1.165) is 23.5 Å². The van der Waals surface area contributed by atoms with Crippen LogP contribution in [0, 0.1) is 12.7 Å². The molecule has 0 atom stereocenters. The van der Waals surface area contributed by atoms with Crippen molar-refractivity contribution in [3.8, 4) is 5.69 Å². The summed E-state index contributed by atoms with van der Waals surface area (Å²) in [6, 6.07) is 6.36. The molecule has 1 aromatic heterocycles. The fraction of sp³-hybridized carbons (Fsp3) is 0.400. The predicted molar refractivity (Wildman–Crippen MR) is 74.9 cm³/mol. The quantitative estimate of drug-likeness (QED) is 0.919. The standard InChI is InChI=1S/C15H20FN3/c1-11-12(9-17-15(2,3)4)10-18-19(11)14-7-5-13(16)6-8-14/h5-8,10,17H,9H2,1-4H3. The highest BCUT2D eigenvalue weighted by Crippen LogP contribution is 2.15. The Labute approximate surface area is 113 Å². The fourth-order valence-corrected chi connectivity index (χ4v) is 1.82. The molecule has 2 rings (SSSR count). The molecular weight excluding hydrogens is 241 g/mol. The van der Waals surface area contributed by atoms with Crippen LogP contribution < -0.4 is 5.32 Å². The molecule has 4 heteroatoms. The first-order valence-electron chi connectivity index (χ1n) is 6.41. The van der Waals surface area contributed by atoms with E-state index < -0.39 is 0 Å². The number of benzene rings is 1. The first kappa shape index (κ1) is 13.7. The molecule has 0 aliphatic rings. The first-order chi connectivity index (χ1) is 8.87. The van der Waals surface area contributed by atoms with Gasteiger partial charge in [-0.15, -0.1) is 0 Å². The van der Waals surface area contributed by atoms with Crippen LogP contribution in [0.2, 0.25) is 0 Å². The summed E-state index contributed by atoms with van der Waals surface area (Å²) in [5.41, 5.74) is 3.17. The summed E-state index contributed by atoms with van der Waals surface area (Å²) in [6.45, 7) is 9.19. The summed E-state index contributed by atoms with van der Waals surface area (Å²) in [5, 5.41) is 7.81. The minimum Gasteiger partial charge on any atom is -0.308 e. The van der Waals surface area contributed by atoms with Crippen molar-refractivity contribution in [2.75, 3.05) is 0 Å². The normalized spacial score (nSPS) is 11.8. The van der Waals surface area contributed by atoms with Gasteiger partial charge in [-0.3, -0.25) is 0 Å². The third-order valence-corrected chi connectivity index (χ3v) is 2.99. The molecule has 1 N–H and O–H groups in total. The molecule has 102 valence electrons. The highest BCUT2D eigenvalue weighted by Gasteiger charge is 2.12. The van der Waals surface area contributed by atoms with Gasteiger partial charge in [-0.2, -0.15) is 5.10 Å². The van der Waals surface area contributed by atoms with E-state index in [1.807, 2.05) is 17.8 Å². The number of rotatable bonds is 3. The van der Waals surface area contributed by atoms with Gasteiger partial charge in [-0.05, 0) is 52.0 Å². The van der Waals surface area contributed by atoms with E-state index in [2.05, 4.69) is 31.2 Å². The van der Waals surface area contributed by atoms with E-state index in [9.17, 15) is 4.39 Å². The number of hydrogen-bond acceptors (Lipinski definition) is 2. The molecule has 0 fully saturated rings. The molecule has 0 saturated heterocycles. The Morgan fingerprint density at radius 1 is 1.21 bits per heavy atom. The SMILES string of the molecule is Cc1c(CNC(C)(C)C)cnn1-c1ccc(F)cc1. The first-order valence-corrected chi connectivity index (χ1v) is 6.41. The van der Waals surface area contributed by atoms with E-state index in [1.54, 1.807) is 12.1 Å². The molecular formula is C15H20FN3. The lowest BCUT2D eigenvalue weighted by atomic mass is 10.1. The molecule has 1 aromatic carbocycles. The second kappa shape index (κ2) is 5.13. The van der Waals surface area contributed by atoms with Crippen LogP contribution >= 0.6 is 0 Å². The minimum absolute atomic E-state index is 0.0738. The lowest BCUT2D eigenvalue weighted by molar-refractivity contribution is 0.424. The summed E-state index contributed by atoms with van der Waals surface area (Å²) in [5.74, 6) is -0.233. The summed E-state index contributed by atoms with van der Waals surface area (Å²) >= 11 is 0. The highest BCUT2D eigenvalue weighted by atomic mass is 19.1. The maximum atomic E-state index is 12.9. The Bertz CT molecular complexity index is 550. The van der Waals surface area contributed by atoms with Crippen molar-refractivity contribution < 1.29 is 4.39 Å². The Kier molecular flexibility index (Phi) is 3.71.